The maximum atomic E-state index is 3.25. The minimum Gasteiger partial charge on any atom is -0.346 e. The van der Waals surface area contributed by atoms with Gasteiger partial charge in [-0.05, 0) is 0 Å². The first-order valence-electron chi connectivity index (χ1n) is 0.707. The fourth-order valence-corrected chi connectivity index (χ4v) is 0. The second-order valence-electron chi connectivity index (χ2n) is 0. The van der Waals surface area contributed by atoms with Crippen LogP contribution in [0.25, 0.3) is 0 Å². The summed E-state index contributed by atoms with van der Waals surface area (Å²) in [4.78, 5) is 0. The quantitative estimate of drug-likeness (QED) is 0.543. The first kappa shape index (κ1) is 31.5. The monoisotopic (exact) mass is 385 g/mol. The van der Waals surface area contributed by atoms with E-state index in [1.54, 1.807) is 6.92 Å². The molecule has 0 nitrogen and oxygen atoms in total. The van der Waals surface area contributed by atoms with Crippen molar-refractivity contribution in [3.05, 3.63) is 6.92 Å². The van der Waals surface area contributed by atoms with E-state index in [-0.39, 0.29) is 131 Å². The summed E-state index contributed by atoms with van der Waals surface area (Å²) in [5, 5.41) is 0. The van der Waals surface area contributed by atoms with Crippen molar-refractivity contribution < 1.29 is 131 Å². The van der Waals surface area contributed by atoms with Gasteiger partial charge in [-0.3, -0.25) is 0 Å². The van der Waals surface area contributed by atoms with E-state index in [1.165, 1.54) is 0 Å². The van der Waals surface area contributed by atoms with Crippen molar-refractivity contribution in [1.82, 2.24) is 0 Å². The molecule has 0 atom stereocenters. The molecule has 4 radical (unpaired) electrons. The van der Waals surface area contributed by atoms with Gasteiger partial charge in [-0.2, -0.15) is 6.92 Å². The van der Waals surface area contributed by atoms with Crippen molar-refractivity contribution in [2.75, 3.05) is 0 Å². The molecule has 0 aromatic rings. The van der Waals surface area contributed by atoms with Crippen LogP contribution in [0.5, 0.6) is 0 Å². The van der Waals surface area contributed by atoms with Gasteiger partial charge in [0.2, 0.25) is 0 Å². The Morgan fingerprint density at radius 2 is 0.667 bits per heavy atom. The summed E-state index contributed by atoms with van der Waals surface area (Å²) < 4.78 is 0. The van der Waals surface area contributed by atoms with Gasteiger partial charge in [0.05, 0.1) is 0 Å². The Hall–Kier alpha value is 4.42. The van der Waals surface area contributed by atoms with Crippen molar-refractivity contribution >= 4 is 0 Å². The Kier molecular flexibility index (Phi) is 179. The third-order valence-corrected chi connectivity index (χ3v) is 0. The number of hydrogen-bond donors (Lipinski definition) is 0. The molecule has 0 aliphatic carbocycles. The summed E-state index contributed by atoms with van der Waals surface area (Å²) in [6, 6.07) is 0. The molecule has 0 saturated carbocycles. The van der Waals surface area contributed by atoms with E-state index in [9.17, 15) is 0 Å². The van der Waals surface area contributed by atoms with E-state index in [2.05, 4.69) is 6.92 Å². The zero-order valence-electron chi connectivity index (χ0n) is 4.02. The summed E-state index contributed by atoms with van der Waals surface area (Å²) >= 11 is 0. The predicted molar refractivity (Wildman–Crippen MR) is 11.0 cm³/mol. The van der Waals surface area contributed by atoms with E-state index in [0.717, 1.165) is 0 Å². The first-order valence-corrected chi connectivity index (χ1v) is 0.707. The minimum atomic E-state index is 0. The summed E-state index contributed by atoms with van der Waals surface area (Å²) in [5.74, 6) is 0. The molecule has 0 aliphatic heterocycles. The average Bonchev–Trinajstić information content (AvgIpc) is 1.00. The van der Waals surface area contributed by atoms with E-state index in [1.807, 2.05) is 0 Å². The molecule has 4 heteroatoms. The fraction of sp³-hybridized carbons (Fsp3) is 0.500. The molecule has 0 aromatic carbocycles. The molecule has 0 heterocycles. The van der Waals surface area contributed by atoms with Crippen LogP contribution < -0.4 is 0 Å². The molecule has 0 N–H and O–H groups in total. The molecule has 0 bridgehead atoms. The van der Waals surface area contributed by atoms with Crippen LogP contribution in [0.3, 0.4) is 0 Å². The van der Waals surface area contributed by atoms with Crippen molar-refractivity contribution in [2.45, 2.75) is 6.92 Å². The smallest absolute Gasteiger partial charge is 0 e. The van der Waals surface area contributed by atoms with Crippen LogP contribution in [0.1, 0.15) is 6.92 Å². The Labute approximate surface area is 141 Å². The Morgan fingerprint density at radius 3 is 0.667 bits per heavy atom. The van der Waals surface area contributed by atoms with Gasteiger partial charge in [-0.15, -0.1) is 0 Å². The van der Waals surface area contributed by atoms with Gasteiger partial charge >= 0.3 is 0 Å². The molecule has 0 spiro atoms. The zero-order valence-corrected chi connectivity index (χ0v) is 15.4. The maximum Gasteiger partial charge on any atom is 0 e. The first-order chi connectivity index (χ1) is 1.00. The van der Waals surface area contributed by atoms with E-state index in [4.69, 9.17) is 0 Å². The SMILES string of the molecule is [CH2-]C.[Y].[Y].[Y].[Y]. The van der Waals surface area contributed by atoms with Crippen LogP contribution in [0, 0.1) is 6.92 Å². The summed E-state index contributed by atoms with van der Waals surface area (Å²) in [6.07, 6.45) is 0. The second-order valence-corrected chi connectivity index (χ2v) is 0. The van der Waals surface area contributed by atoms with Crippen molar-refractivity contribution in [2.24, 2.45) is 0 Å². The Bertz CT molecular complexity index is 5.51. The van der Waals surface area contributed by atoms with Crippen LogP contribution in [-0.4, -0.2) is 0 Å². The summed E-state index contributed by atoms with van der Waals surface area (Å²) in [5.41, 5.74) is 0. The van der Waals surface area contributed by atoms with Crippen LogP contribution >= 0.6 is 0 Å². The van der Waals surface area contributed by atoms with Crippen LogP contribution in [0.15, 0.2) is 0 Å². The normalized spacial score (nSPS) is 1.00. The fourth-order valence-electron chi connectivity index (χ4n) is 0. The predicted octanol–water partition coefficient (Wildman–Crippen LogP) is 0.830. The Balaban J connectivity index is -0.000000000833. The summed E-state index contributed by atoms with van der Waals surface area (Å²) in [6.45, 7) is 5.00. The van der Waals surface area contributed by atoms with Crippen LogP contribution in [0.4, 0.5) is 0 Å². The maximum absolute atomic E-state index is 3.25. The molecule has 0 unspecified atom stereocenters. The van der Waals surface area contributed by atoms with Gasteiger partial charge in [-0.25, -0.2) is 0 Å². The molecule has 0 amide bonds. The topological polar surface area (TPSA) is 0 Å². The average molecular weight is 385 g/mol. The van der Waals surface area contributed by atoms with Crippen molar-refractivity contribution in [1.29, 1.82) is 0 Å². The molecule has 0 rings (SSSR count). The largest absolute Gasteiger partial charge is 0.346 e. The van der Waals surface area contributed by atoms with Gasteiger partial charge in [-0.1, -0.05) is 0 Å². The third-order valence-electron chi connectivity index (χ3n) is 0. The van der Waals surface area contributed by atoms with Crippen molar-refractivity contribution in [3.63, 3.8) is 0 Å². The minimum absolute atomic E-state index is 0. The molecule has 0 saturated heterocycles. The molecule has 6 heavy (non-hydrogen) atoms. The Morgan fingerprint density at radius 1 is 0.667 bits per heavy atom. The molecule has 26 valence electrons. The van der Waals surface area contributed by atoms with E-state index < -0.39 is 0 Å². The second kappa shape index (κ2) is 34.2. The van der Waals surface area contributed by atoms with E-state index >= 15 is 0 Å². The standard InChI is InChI=1S/C2H5.4Y/c1-2;;;;/h1H2,2H3;;;;/q-1;;;;. The van der Waals surface area contributed by atoms with Gasteiger partial charge in [0.25, 0.3) is 0 Å². The number of hydrogen-bond acceptors (Lipinski definition) is 0. The third kappa shape index (κ3) is 23.7. The van der Waals surface area contributed by atoms with Crippen LogP contribution in [-0.2, 0) is 131 Å². The van der Waals surface area contributed by atoms with Gasteiger partial charge in [0.15, 0.2) is 0 Å². The number of rotatable bonds is 0. The van der Waals surface area contributed by atoms with Crippen LogP contribution in [0.2, 0.25) is 0 Å². The molecule has 0 fully saturated rings. The van der Waals surface area contributed by atoms with Gasteiger partial charge < -0.3 is 6.92 Å². The molecular weight excluding hydrogens is 380 g/mol. The molecule has 0 aliphatic rings. The molecular formula is C2H5Y4-. The van der Waals surface area contributed by atoms with E-state index in [0.29, 0.717) is 0 Å². The van der Waals surface area contributed by atoms with Crippen molar-refractivity contribution in [3.8, 4) is 0 Å². The molecule has 0 aromatic heterocycles. The zero-order chi connectivity index (χ0) is 2.00. The van der Waals surface area contributed by atoms with Gasteiger partial charge in [0.1, 0.15) is 0 Å². The summed E-state index contributed by atoms with van der Waals surface area (Å²) in [7, 11) is 0. The van der Waals surface area contributed by atoms with Gasteiger partial charge in [0, 0.05) is 131 Å².